The fourth-order valence-corrected chi connectivity index (χ4v) is 4.14. The molecule has 1 saturated heterocycles. The molecule has 2 aromatic heterocycles. The zero-order valence-corrected chi connectivity index (χ0v) is 16.4. The van der Waals surface area contributed by atoms with E-state index in [0.717, 1.165) is 36.8 Å². The topological polar surface area (TPSA) is 95.8 Å². The Morgan fingerprint density at radius 3 is 2.65 bits per heavy atom. The van der Waals surface area contributed by atoms with Crippen LogP contribution in [0.15, 0.2) is 27.0 Å². The van der Waals surface area contributed by atoms with Crippen molar-refractivity contribution in [2.45, 2.75) is 25.0 Å². The predicted octanol–water partition coefficient (Wildman–Crippen LogP) is 1.16. The molecule has 0 saturated carbocycles. The van der Waals surface area contributed by atoms with E-state index in [1.807, 2.05) is 0 Å². The molecule has 0 aliphatic carbocycles. The summed E-state index contributed by atoms with van der Waals surface area (Å²) in [6.45, 7) is 5.50. The minimum atomic E-state index is -3.69. The highest BCUT2D eigenvalue weighted by Gasteiger charge is 2.26. The Morgan fingerprint density at radius 1 is 1.31 bits per heavy atom. The van der Waals surface area contributed by atoms with Gasteiger partial charge in [-0.15, -0.1) is 11.3 Å². The van der Waals surface area contributed by atoms with E-state index in [1.165, 1.54) is 19.2 Å². The van der Waals surface area contributed by atoms with E-state index in [1.54, 1.807) is 16.2 Å². The Bertz CT molecular complexity index is 866. The van der Waals surface area contributed by atoms with Gasteiger partial charge in [-0.2, -0.15) is 0 Å². The number of amides is 1. The van der Waals surface area contributed by atoms with E-state index in [0.29, 0.717) is 13.1 Å². The van der Waals surface area contributed by atoms with Gasteiger partial charge >= 0.3 is 0 Å². The number of hydrogen-bond acceptors (Lipinski definition) is 7. The maximum absolute atomic E-state index is 12.5. The second kappa shape index (κ2) is 7.87. The van der Waals surface area contributed by atoms with Gasteiger partial charge in [0.05, 0.1) is 10.7 Å². The number of nitrogens with zero attached hydrogens (tertiary/aromatic N) is 3. The summed E-state index contributed by atoms with van der Waals surface area (Å²) < 4.78 is 30.8. The lowest BCUT2D eigenvalue weighted by Gasteiger charge is -2.33. The van der Waals surface area contributed by atoms with Crippen LogP contribution in [0.25, 0.3) is 0 Å². The maximum Gasteiger partial charge on any atom is 0.289 e. The monoisotopic (exact) mass is 398 g/mol. The lowest BCUT2D eigenvalue weighted by atomic mass is 10.2. The predicted molar refractivity (Wildman–Crippen MR) is 97.6 cm³/mol. The summed E-state index contributed by atoms with van der Waals surface area (Å²) >= 11 is 1.68. The average Bonchev–Trinajstić information content (AvgIpc) is 3.31. The fraction of sp³-hybridized carbons (Fsp3) is 0.500. The quantitative estimate of drug-likeness (QED) is 0.785. The number of aryl methyl sites for hydroxylation is 1. The molecule has 142 valence electrons. The van der Waals surface area contributed by atoms with Crippen LogP contribution in [0, 0.1) is 0 Å². The summed E-state index contributed by atoms with van der Waals surface area (Å²) in [5.41, 5.74) is 1.07. The van der Waals surface area contributed by atoms with Crippen LogP contribution in [-0.2, 0) is 23.0 Å². The summed E-state index contributed by atoms with van der Waals surface area (Å²) in [6.07, 6.45) is 0.946. The molecule has 1 N–H and O–H groups in total. The van der Waals surface area contributed by atoms with Crippen molar-refractivity contribution in [1.82, 2.24) is 19.5 Å². The molecular formula is C16H22N4O4S2. The van der Waals surface area contributed by atoms with Crippen LogP contribution in [0.2, 0.25) is 0 Å². The highest BCUT2D eigenvalue weighted by Crippen LogP contribution is 2.17. The Morgan fingerprint density at radius 2 is 2.04 bits per heavy atom. The Labute approximate surface area is 156 Å². The van der Waals surface area contributed by atoms with Gasteiger partial charge in [0.1, 0.15) is 0 Å². The van der Waals surface area contributed by atoms with Gasteiger partial charge in [0.2, 0.25) is 5.09 Å². The van der Waals surface area contributed by atoms with E-state index in [9.17, 15) is 13.2 Å². The van der Waals surface area contributed by atoms with Gasteiger partial charge in [0, 0.05) is 38.1 Å². The molecule has 1 aliphatic heterocycles. The Kier molecular flexibility index (Phi) is 5.76. The molecule has 1 fully saturated rings. The second-order valence-electron chi connectivity index (χ2n) is 5.98. The van der Waals surface area contributed by atoms with E-state index < -0.39 is 10.0 Å². The number of hydrogen-bond donors (Lipinski definition) is 1. The van der Waals surface area contributed by atoms with Crippen LogP contribution < -0.4 is 4.72 Å². The lowest BCUT2D eigenvalue weighted by Crippen LogP contribution is -2.48. The molecule has 1 aliphatic rings. The fourth-order valence-electron chi connectivity index (χ4n) is 2.76. The molecule has 10 heteroatoms. The first-order chi connectivity index (χ1) is 12.4. The molecule has 0 bridgehead atoms. The largest absolute Gasteiger partial charge is 0.438 e. The number of piperazine rings is 1. The Balaban J connectivity index is 1.56. The number of furan rings is 1. The maximum atomic E-state index is 12.5. The number of rotatable bonds is 6. The van der Waals surface area contributed by atoms with Crippen molar-refractivity contribution in [2.75, 3.05) is 33.2 Å². The zero-order chi connectivity index (χ0) is 18.7. The summed E-state index contributed by atoms with van der Waals surface area (Å²) in [4.78, 5) is 21.0. The van der Waals surface area contributed by atoms with Crippen molar-refractivity contribution in [2.24, 2.45) is 0 Å². The average molecular weight is 399 g/mol. The van der Waals surface area contributed by atoms with E-state index in [2.05, 4.69) is 26.9 Å². The number of sulfonamides is 1. The van der Waals surface area contributed by atoms with Gasteiger partial charge in [0.25, 0.3) is 15.9 Å². The molecule has 0 spiro atoms. The van der Waals surface area contributed by atoms with E-state index in [4.69, 9.17) is 4.42 Å². The van der Waals surface area contributed by atoms with Gasteiger partial charge in [-0.25, -0.2) is 18.1 Å². The molecule has 0 aromatic carbocycles. The lowest BCUT2D eigenvalue weighted by molar-refractivity contribution is 0.0591. The molecule has 26 heavy (non-hydrogen) atoms. The number of aromatic nitrogens is 1. The molecule has 3 heterocycles. The first-order valence-electron chi connectivity index (χ1n) is 8.41. The van der Waals surface area contributed by atoms with Crippen LogP contribution in [-0.4, -0.2) is 62.3 Å². The van der Waals surface area contributed by atoms with Crippen molar-refractivity contribution in [3.63, 3.8) is 0 Å². The summed E-state index contributed by atoms with van der Waals surface area (Å²) in [5.74, 6) is -0.247. The first-order valence-corrected chi connectivity index (χ1v) is 10.8. The van der Waals surface area contributed by atoms with Crippen LogP contribution in [0.5, 0.6) is 0 Å². The van der Waals surface area contributed by atoms with E-state index in [-0.39, 0.29) is 16.8 Å². The van der Waals surface area contributed by atoms with Crippen LogP contribution in [0.1, 0.15) is 28.2 Å². The van der Waals surface area contributed by atoms with Gasteiger partial charge in [0.15, 0.2) is 5.76 Å². The van der Waals surface area contributed by atoms with Crippen molar-refractivity contribution >= 4 is 27.3 Å². The van der Waals surface area contributed by atoms with Gasteiger partial charge in [-0.05, 0) is 25.6 Å². The first kappa shape index (κ1) is 19.0. The molecule has 2 aromatic rings. The SMILES string of the molecule is CCc1nc(CN2CCN(C(=O)c3ccc(S(=O)(=O)NC)o3)CC2)cs1. The molecule has 0 atom stereocenters. The number of carbonyl (C=O) groups excluding carboxylic acids is 1. The highest BCUT2D eigenvalue weighted by atomic mass is 32.2. The van der Waals surface area contributed by atoms with Crippen molar-refractivity contribution in [3.8, 4) is 0 Å². The normalized spacial score (nSPS) is 16.2. The van der Waals surface area contributed by atoms with Crippen LogP contribution in [0.3, 0.4) is 0 Å². The molecule has 0 unspecified atom stereocenters. The number of carbonyl (C=O) groups is 1. The van der Waals surface area contributed by atoms with Crippen molar-refractivity contribution < 1.29 is 17.6 Å². The standard InChI is InChI=1S/C16H22N4O4S2/c1-3-14-18-12(11-25-14)10-19-6-8-20(9-7-19)16(21)13-4-5-15(24-13)26(22,23)17-2/h4-5,11,17H,3,6-10H2,1-2H3. The minimum Gasteiger partial charge on any atom is -0.438 e. The van der Waals surface area contributed by atoms with Gasteiger partial charge < -0.3 is 9.32 Å². The Hall–Kier alpha value is -1.75. The third-order valence-corrected chi connectivity index (χ3v) is 6.60. The second-order valence-corrected chi connectivity index (χ2v) is 8.74. The number of nitrogens with one attached hydrogen (secondary N) is 1. The van der Waals surface area contributed by atoms with Gasteiger partial charge in [-0.1, -0.05) is 6.92 Å². The summed E-state index contributed by atoms with van der Waals surface area (Å²) in [6, 6.07) is 2.70. The third kappa shape index (κ3) is 4.14. The van der Waals surface area contributed by atoms with Crippen molar-refractivity contribution in [1.29, 1.82) is 0 Å². The van der Waals surface area contributed by atoms with Crippen LogP contribution in [0.4, 0.5) is 0 Å². The summed E-state index contributed by atoms with van der Waals surface area (Å²) in [7, 11) is -2.39. The van der Waals surface area contributed by atoms with E-state index >= 15 is 0 Å². The highest BCUT2D eigenvalue weighted by molar-refractivity contribution is 7.89. The van der Waals surface area contributed by atoms with Crippen molar-refractivity contribution in [3.05, 3.63) is 34.0 Å². The molecule has 3 rings (SSSR count). The minimum absolute atomic E-state index is 0.0411. The third-order valence-electron chi connectivity index (χ3n) is 4.27. The smallest absolute Gasteiger partial charge is 0.289 e. The van der Waals surface area contributed by atoms with Crippen LogP contribution >= 0.6 is 11.3 Å². The van der Waals surface area contributed by atoms with Gasteiger partial charge in [-0.3, -0.25) is 9.69 Å². The summed E-state index contributed by atoms with van der Waals surface area (Å²) in [5, 5.41) is 2.97. The molecular weight excluding hydrogens is 376 g/mol. The molecule has 1 amide bonds. The molecule has 0 radical (unpaired) electrons. The molecule has 8 nitrogen and oxygen atoms in total. The number of thiazole rings is 1. The zero-order valence-electron chi connectivity index (χ0n) is 14.8.